The molecule has 1 aliphatic carbocycles. The molecule has 1 amide bonds. The molecule has 180 valence electrons. The van der Waals surface area contributed by atoms with Gasteiger partial charge in [0, 0.05) is 31.9 Å². The Balaban J connectivity index is 0.000000536. The maximum atomic E-state index is 10.2. The van der Waals surface area contributed by atoms with Gasteiger partial charge in [-0.3, -0.25) is 9.59 Å². The molecule has 1 aromatic rings. The van der Waals surface area contributed by atoms with Gasteiger partial charge in [0.25, 0.3) is 6.47 Å². The van der Waals surface area contributed by atoms with Gasteiger partial charge in [0.1, 0.15) is 0 Å². The van der Waals surface area contributed by atoms with E-state index in [-0.39, 0.29) is 12.5 Å². The van der Waals surface area contributed by atoms with E-state index in [2.05, 4.69) is 53.0 Å². The summed E-state index contributed by atoms with van der Waals surface area (Å²) in [5.41, 5.74) is 3.99. The molecule has 1 fully saturated rings. The first kappa shape index (κ1) is 29.0. The van der Waals surface area contributed by atoms with Crippen LogP contribution in [0, 0.1) is 0 Å². The Morgan fingerprint density at radius 2 is 1.75 bits per heavy atom. The molecule has 0 spiro atoms. The average Bonchev–Trinajstić information content (AvgIpc) is 3.61. The van der Waals surface area contributed by atoms with E-state index < -0.39 is 0 Å². The van der Waals surface area contributed by atoms with Crippen molar-refractivity contribution in [1.82, 2.24) is 16.0 Å². The van der Waals surface area contributed by atoms with Gasteiger partial charge >= 0.3 is 0 Å². The lowest BCUT2D eigenvalue weighted by Gasteiger charge is -2.10. The molecule has 0 aromatic heterocycles. The van der Waals surface area contributed by atoms with Crippen LogP contribution in [0.5, 0.6) is 0 Å². The van der Waals surface area contributed by atoms with Gasteiger partial charge in [0.2, 0.25) is 6.41 Å². The molecule has 1 atom stereocenters. The third kappa shape index (κ3) is 17.9. The molecular weight excluding hydrogens is 404 g/mol. The van der Waals surface area contributed by atoms with Gasteiger partial charge < -0.3 is 26.4 Å². The van der Waals surface area contributed by atoms with Gasteiger partial charge in [-0.2, -0.15) is 0 Å². The zero-order valence-electron chi connectivity index (χ0n) is 20.0. The first-order valence-corrected chi connectivity index (χ1v) is 11.4. The molecule has 0 radical (unpaired) electrons. The number of nitrogens with one attached hydrogen (secondary N) is 4. The van der Waals surface area contributed by atoms with Crippen molar-refractivity contribution in [2.75, 3.05) is 25.5 Å². The summed E-state index contributed by atoms with van der Waals surface area (Å²) in [7, 11) is 1.89. The van der Waals surface area contributed by atoms with E-state index in [1.807, 2.05) is 26.1 Å². The normalized spacial score (nSPS) is 11.9. The molecule has 0 saturated heterocycles. The van der Waals surface area contributed by atoms with Gasteiger partial charge in [-0.1, -0.05) is 37.3 Å². The number of amides is 1. The van der Waals surface area contributed by atoms with Crippen molar-refractivity contribution >= 4 is 18.6 Å². The number of benzene rings is 1. The summed E-state index contributed by atoms with van der Waals surface area (Å²) in [5, 5.41) is 19.2. The van der Waals surface area contributed by atoms with E-state index in [0.29, 0.717) is 0 Å². The van der Waals surface area contributed by atoms with E-state index in [1.165, 1.54) is 37.7 Å². The van der Waals surface area contributed by atoms with Crippen LogP contribution in [0.25, 0.3) is 0 Å². The van der Waals surface area contributed by atoms with E-state index in [0.717, 1.165) is 43.8 Å². The first-order chi connectivity index (χ1) is 15.5. The van der Waals surface area contributed by atoms with Gasteiger partial charge in [-0.05, 0) is 69.6 Å². The monoisotopic (exact) mass is 446 g/mol. The maximum absolute atomic E-state index is 10.2. The second kappa shape index (κ2) is 20.0. The molecule has 1 saturated carbocycles. The molecule has 2 rings (SSSR count). The Kier molecular flexibility index (Phi) is 18.1. The SMILES string of the molecule is C=C(NCCC)NCCCCC=C1CC1.CNc1ccc(CC(C)NC=O)cc1.O=CO. The molecule has 1 aliphatic rings. The lowest BCUT2D eigenvalue weighted by atomic mass is 10.1. The Morgan fingerprint density at radius 3 is 2.28 bits per heavy atom. The topological polar surface area (TPSA) is 102 Å². The van der Waals surface area contributed by atoms with Crippen molar-refractivity contribution in [3.05, 3.63) is 53.9 Å². The number of carbonyl (C=O) groups excluding carboxylic acids is 1. The van der Waals surface area contributed by atoms with Crippen LogP contribution >= 0.6 is 0 Å². The van der Waals surface area contributed by atoms with Gasteiger partial charge in [-0.15, -0.1) is 0 Å². The summed E-state index contributed by atoms with van der Waals surface area (Å²) in [6.45, 7) is 9.86. The largest absolute Gasteiger partial charge is 0.483 e. The predicted octanol–water partition coefficient (Wildman–Crippen LogP) is 4.04. The van der Waals surface area contributed by atoms with Crippen molar-refractivity contribution in [3.63, 3.8) is 0 Å². The second-order valence-corrected chi connectivity index (χ2v) is 7.63. The summed E-state index contributed by atoms with van der Waals surface area (Å²) in [6.07, 6.45) is 11.7. The van der Waals surface area contributed by atoms with Gasteiger partial charge in [0.05, 0.1) is 5.82 Å². The summed E-state index contributed by atoms with van der Waals surface area (Å²) < 4.78 is 0. The molecule has 1 unspecified atom stereocenters. The summed E-state index contributed by atoms with van der Waals surface area (Å²) in [5.74, 6) is 0.970. The van der Waals surface area contributed by atoms with Crippen molar-refractivity contribution in [1.29, 1.82) is 0 Å². The van der Waals surface area contributed by atoms with Crippen molar-refractivity contribution in [3.8, 4) is 0 Å². The van der Waals surface area contributed by atoms with Crippen LogP contribution in [-0.2, 0) is 16.0 Å². The van der Waals surface area contributed by atoms with Crippen molar-refractivity contribution < 1.29 is 14.7 Å². The highest BCUT2D eigenvalue weighted by atomic mass is 16.3. The zero-order valence-corrected chi connectivity index (χ0v) is 20.0. The summed E-state index contributed by atoms with van der Waals surface area (Å²) in [4.78, 5) is 18.5. The Bertz CT molecular complexity index is 654. The fraction of sp³-hybridized carbons (Fsp3) is 0.520. The molecule has 7 nitrogen and oxygen atoms in total. The third-order valence-corrected chi connectivity index (χ3v) is 4.67. The minimum absolute atomic E-state index is 0.188. The highest BCUT2D eigenvalue weighted by Gasteiger charge is 2.08. The number of allylic oxidation sites excluding steroid dienone is 2. The van der Waals surface area contributed by atoms with E-state index in [4.69, 9.17) is 9.90 Å². The Hall–Kier alpha value is -2.96. The molecule has 0 aliphatic heterocycles. The minimum atomic E-state index is -0.250. The lowest BCUT2D eigenvalue weighted by molar-refractivity contribution is -0.122. The fourth-order valence-corrected chi connectivity index (χ4v) is 2.77. The van der Waals surface area contributed by atoms with Crippen LogP contribution in [-0.4, -0.2) is 44.2 Å². The van der Waals surface area contributed by atoms with Crippen molar-refractivity contribution in [2.24, 2.45) is 0 Å². The Labute approximate surface area is 193 Å². The summed E-state index contributed by atoms with van der Waals surface area (Å²) >= 11 is 0. The number of rotatable bonds is 14. The number of unbranched alkanes of at least 4 members (excludes halogenated alkanes) is 2. The van der Waals surface area contributed by atoms with Crippen LogP contribution in [0.15, 0.2) is 48.3 Å². The molecule has 5 N–H and O–H groups in total. The van der Waals surface area contributed by atoms with Crippen LogP contribution < -0.4 is 21.3 Å². The van der Waals surface area contributed by atoms with Gasteiger partial charge in [-0.25, -0.2) is 0 Å². The first-order valence-electron chi connectivity index (χ1n) is 11.4. The predicted molar refractivity (Wildman–Crippen MR) is 134 cm³/mol. The van der Waals surface area contributed by atoms with Crippen LogP contribution in [0.3, 0.4) is 0 Å². The van der Waals surface area contributed by atoms with Crippen LogP contribution in [0.2, 0.25) is 0 Å². The van der Waals surface area contributed by atoms with E-state index >= 15 is 0 Å². The number of carboxylic acid groups (broad SMARTS) is 1. The molecule has 0 heterocycles. The molecule has 7 heteroatoms. The van der Waals surface area contributed by atoms with Crippen LogP contribution in [0.1, 0.15) is 57.9 Å². The molecule has 1 aromatic carbocycles. The highest BCUT2D eigenvalue weighted by molar-refractivity contribution is 5.47. The van der Waals surface area contributed by atoms with Gasteiger partial charge in [0.15, 0.2) is 0 Å². The fourth-order valence-electron chi connectivity index (χ4n) is 2.77. The summed E-state index contributed by atoms with van der Waals surface area (Å²) in [6, 6.07) is 8.38. The van der Waals surface area contributed by atoms with E-state index in [1.54, 1.807) is 5.57 Å². The average molecular weight is 447 g/mol. The number of carbonyl (C=O) groups is 2. The maximum Gasteiger partial charge on any atom is 0.290 e. The number of anilines is 1. The zero-order chi connectivity index (χ0) is 24.0. The van der Waals surface area contributed by atoms with E-state index in [9.17, 15) is 4.79 Å². The number of hydrogen-bond donors (Lipinski definition) is 5. The highest BCUT2D eigenvalue weighted by Crippen LogP contribution is 2.28. The molecule has 32 heavy (non-hydrogen) atoms. The Morgan fingerprint density at radius 1 is 1.12 bits per heavy atom. The van der Waals surface area contributed by atoms with Crippen molar-refractivity contribution in [2.45, 2.75) is 64.8 Å². The third-order valence-electron chi connectivity index (χ3n) is 4.67. The smallest absolute Gasteiger partial charge is 0.290 e. The second-order valence-electron chi connectivity index (χ2n) is 7.63. The number of hydrogen-bond acceptors (Lipinski definition) is 5. The lowest BCUT2D eigenvalue weighted by Crippen LogP contribution is -2.26. The van der Waals surface area contributed by atoms with Crippen LogP contribution in [0.4, 0.5) is 5.69 Å². The molecular formula is C25H42N4O3. The standard InChI is InChI=1S/C13H24N2.C11H16N2O.CH2O2/c1-3-10-14-12(2)15-11-6-4-5-7-13-8-9-13;1-9(13-8-14)7-10-3-5-11(12-2)6-4-10;2-1-3/h7,14-15H,2-6,8-11H2,1H3;3-6,8-9,12H,7H2,1-2H3,(H,13,14);1H,(H,2,3). The minimum Gasteiger partial charge on any atom is -0.483 e. The molecule has 0 bridgehead atoms. The quantitative estimate of drug-likeness (QED) is 0.168.